The first-order valence-corrected chi connectivity index (χ1v) is 7.88. The molecule has 0 spiro atoms. The summed E-state index contributed by atoms with van der Waals surface area (Å²) in [7, 11) is 0. The van der Waals surface area contributed by atoms with Crippen LogP contribution in [0.5, 0.6) is 0 Å². The van der Waals surface area contributed by atoms with Gasteiger partial charge in [0, 0.05) is 12.3 Å². The average molecular weight is 286 g/mol. The normalized spacial score (nSPS) is 26.6. The lowest BCUT2D eigenvalue weighted by molar-refractivity contribution is -0.129. The highest BCUT2D eigenvalue weighted by Gasteiger charge is 2.54. The van der Waals surface area contributed by atoms with Crippen molar-refractivity contribution in [3.63, 3.8) is 0 Å². The van der Waals surface area contributed by atoms with Crippen molar-refractivity contribution in [2.45, 2.75) is 38.5 Å². The highest BCUT2D eigenvalue weighted by atomic mass is 16.2. The maximum absolute atomic E-state index is 12.0. The molecule has 0 saturated heterocycles. The molecule has 2 fully saturated rings. The lowest BCUT2D eigenvalue weighted by Crippen LogP contribution is -2.42. The maximum Gasteiger partial charge on any atom is 0.242 e. The number of fused-ring (bicyclic) bond motifs is 1. The molecule has 4 heteroatoms. The number of hydrogen-bond acceptors (Lipinski definition) is 2. The summed E-state index contributed by atoms with van der Waals surface area (Å²) in [6.07, 6.45) is 5.91. The van der Waals surface area contributed by atoms with Crippen molar-refractivity contribution in [3.05, 3.63) is 35.9 Å². The molecule has 0 heterocycles. The van der Waals surface area contributed by atoms with Crippen molar-refractivity contribution in [3.8, 4) is 0 Å². The molecule has 21 heavy (non-hydrogen) atoms. The van der Waals surface area contributed by atoms with Crippen LogP contribution in [-0.4, -0.2) is 11.8 Å². The molecule has 2 amide bonds. The largest absolute Gasteiger partial charge is 0.273 e. The Hall–Kier alpha value is -1.84. The Balaban J connectivity index is 1.37. The van der Waals surface area contributed by atoms with E-state index in [9.17, 15) is 9.59 Å². The van der Waals surface area contributed by atoms with E-state index < -0.39 is 0 Å². The van der Waals surface area contributed by atoms with Crippen molar-refractivity contribution < 1.29 is 9.59 Å². The number of hydrazine groups is 1. The van der Waals surface area contributed by atoms with E-state index in [2.05, 4.69) is 10.9 Å². The molecule has 0 bridgehead atoms. The average Bonchev–Trinajstić information content (AvgIpc) is 3.26. The molecule has 2 atom stereocenters. The molecule has 4 nitrogen and oxygen atoms in total. The molecule has 3 rings (SSSR count). The SMILES string of the molecule is O=C(CCc1ccccc1)NNC(=O)C1[C@H]2CCCC[C@H]12. The van der Waals surface area contributed by atoms with Gasteiger partial charge in [0.2, 0.25) is 11.8 Å². The number of carbonyl (C=O) groups excluding carboxylic acids is 2. The monoisotopic (exact) mass is 286 g/mol. The zero-order chi connectivity index (χ0) is 14.7. The Morgan fingerprint density at radius 1 is 1.00 bits per heavy atom. The van der Waals surface area contributed by atoms with Gasteiger partial charge in [0.15, 0.2) is 0 Å². The van der Waals surface area contributed by atoms with Crippen LogP contribution in [0, 0.1) is 17.8 Å². The molecule has 1 aromatic rings. The summed E-state index contributed by atoms with van der Waals surface area (Å²) in [5.74, 6) is 1.15. The van der Waals surface area contributed by atoms with Gasteiger partial charge in [-0.05, 0) is 36.7 Å². The number of benzene rings is 1. The smallest absolute Gasteiger partial charge is 0.242 e. The lowest BCUT2D eigenvalue weighted by atomic mass is 10.0. The molecular weight excluding hydrogens is 264 g/mol. The first-order valence-electron chi connectivity index (χ1n) is 7.88. The molecular formula is C17H22N2O2. The second-order valence-corrected chi connectivity index (χ2v) is 6.16. The third-order valence-electron chi connectivity index (χ3n) is 4.77. The molecule has 2 aliphatic rings. The van der Waals surface area contributed by atoms with Gasteiger partial charge in [-0.2, -0.15) is 0 Å². The van der Waals surface area contributed by atoms with Gasteiger partial charge >= 0.3 is 0 Å². The van der Waals surface area contributed by atoms with Gasteiger partial charge in [-0.25, -0.2) is 0 Å². The highest BCUT2D eigenvalue weighted by Crippen LogP contribution is 2.55. The van der Waals surface area contributed by atoms with Gasteiger partial charge in [-0.15, -0.1) is 0 Å². The van der Waals surface area contributed by atoms with Crippen LogP contribution in [0.3, 0.4) is 0 Å². The molecule has 0 aromatic heterocycles. The molecule has 1 aromatic carbocycles. The minimum Gasteiger partial charge on any atom is -0.273 e. The lowest BCUT2D eigenvalue weighted by Gasteiger charge is -2.07. The van der Waals surface area contributed by atoms with Crippen molar-refractivity contribution in [1.29, 1.82) is 0 Å². The number of hydrogen-bond donors (Lipinski definition) is 2. The molecule has 0 unspecified atom stereocenters. The Kier molecular flexibility index (Phi) is 4.23. The van der Waals surface area contributed by atoms with E-state index >= 15 is 0 Å². The first-order chi connectivity index (χ1) is 10.3. The van der Waals surface area contributed by atoms with Crippen LogP contribution >= 0.6 is 0 Å². The van der Waals surface area contributed by atoms with E-state index in [1.807, 2.05) is 30.3 Å². The number of nitrogens with one attached hydrogen (secondary N) is 2. The van der Waals surface area contributed by atoms with E-state index in [4.69, 9.17) is 0 Å². The van der Waals surface area contributed by atoms with Gasteiger partial charge in [-0.3, -0.25) is 20.4 Å². The van der Waals surface area contributed by atoms with Gasteiger partial charge in [0.1, 0.15) is 0 Å². The molecule has 2 N–H and O–H groups in total. The number of rotatable bonds is 4. The Morgan fingerprint density at radius 3 is 2.33 bits per heavy atom. The number of carbonyl (C=O) groups is 2. The quantitative estimate of drug-likeness (QED) is 0.834. The van der Waals surface area contributed by atoms with Crippen LogP contribution in [0.1, 0.15) is 37.7 Å². The Labute approximate surface area is 125 Å². The van der Waals surface area contributed by atoms with Crippen LogP contribution in [0.2, 0.25) is 0 Å². The topological polar surface area (TPSA) is 58.2 Å². The van der Waals surface area contributed by atoms with E-state index in [1.54, 1.807) is 0 Å². The summed E-state index contributed by atoms with van der Waals surface area (Å²) in [6.45, 7) is 0. The van der Waals surface area contributed by atoms with Crippen molar-refractivity contribution >= 4 is 11.8 Å². The van der Waals surface area contributed by atoms with Crippen LogP contribution < -0.4 is 10.9 Å². The maximum atomic E-state index is 12.0. The van der Waals surface area contributed by atoms with Crippen LogP contribution in [0.25, 0.3) is 0 Å². The van der Waals surface area contributed by atoms with Gasteiger partial charge < -0.3 is 0 Å². The summed E-state index contributed by atoms with van der Waals surface area (Å²) < 4.78 is 0. The fourth-order valence-electron chi connectivity index (χ4n) is 3.56. The minimum atomic E-state index is -0.129. The third-order valence-corrected chi connectivity index (χ3v) is 4.77. The number of amides is 2. The van der Waals surface area contributed by atoms with E-state index in [0.29, 0.717) is 24.7 Å². The second kappa shape index (κ2) is 6.29. The number of aryl methyl sites for hydroxylation is 1. The minimum absolute atomic E-state index is 0.0000360. The summed E-state index contributed by atoms with van der Waals surface area (Å²) in [4.78, 5) is 23.8. The van der Waals surface area contributed by atoms with Crippen LogP contribution in [0.15, 0.2) is 30.3 Å². The molecule has 2 aliphatic carbocycles. The molecule has 112 valence electrons. The van der Waals surface area contributed by atoms with Crippen molar-refractivity contribution in [2.75, 3.05) is 0 Å². The summed E-state index contributed by atoms with van der Waals surface area (Å²) >= 11 is 0. The second-order valence-electron chi connectivity index (χ2n) is 6.16. The van der Waals surface area contributed by atoms with Crippen molar-refractivity contribution in [1.82, 2.24) is 10.9 Å². The predicted octanol–water partition coefficient (Wildman–Crippen LogP) is 2.20. The molecule has 0 aliphatic heterocycles. The Bertz CT molecular complexity index is 503. The van der Waals surface area contributed by atoms with Gasteiger partial charge in [-0.1, -0.05) is 43.2 Å². The summed E-state index contributed by atoms with van der Waals surface area (Å²) in [5, 5.41) is 0. The summed E-state index contributed by atoms with van der Waals surface area (Å²) in [6, 6.07) is 9.88. The van der Waals surface area contributed by atoms with Crippen LogP contribution in [-0.2, 0) is 16.0 Å². The molecule has 0 radical (unpaired) electrons. The predicted molar refractivity (Wildman–Crippen MR) is 80.0 cm³/mol. The first kappa shape index (κ1) is 14.1. The van der Waals surface area contributed by atoms with Crippen molar-refractivity contribution in [2.24, 2.45) is 17.8 Å². The Morgan fingerprint density at radius 2 is 1.67 bits per heavy atom. The standard InChI is InChI=1S/C17H22N2O2/c20-15(11-10-12-6-2-1-3-7-12)18-19-17(21)16-13-8-4-5-9-14(13)16/h1-3,6-7,13-14,16H,4-5,8-11H2,(H,18,20)(H,19,21)/t13-,14-/m0/s1. The van der Waals surface area contributed by atoms with E-state index in [0.717, 1.165) is 5.56 Å². The summed E-state index contributed by atoms with van der Waals surface area (Å²) in [5.41, 5.74) is 6.28. The zero-order valence-corrected chi connectivity index (χ0v) is 12.2. The molecule has 2 saturated carbocycles. The van der Waals surface area contributed by atoms with E-state index in [1.165, 1.54) is 25.7 Å². The third kappa shape index (κ3) is 3.43. The zero-order valence-electron chi connectivity index (χ0n) is 12.2. The van der Waals surface area contributed by atoms with E-state index in [-0.39, 0.29) is 17.7 Å². The van der Waals surface area contributed by atoms with Crippen LogP contribution in [0.4, 0.5) is 0 Å². The fraction of sp³-hybridized carbons (Fsp3) is 0.529. The van der Waals surface area contributed by atoms with Gasteiger partial charge in [0.25, 0.3) is 0 Å². The fourth-order valence-corrected chi connectivity index (χ4v) is 3.56. The van der Waals surface area contributed by atoms with Gasteiger partial charge in [0.05, 0.1) is 0 Å². The highest BCUT2D eigenvalue weighted by molar-refractivity contribution is 5.85.